The van der Waals surface area contributed by atoms with Gasteiger partial charge in [0.1, 0.15) is 6.61 Å². The zero-order valence-electron chi connectivity index (χ0n) is 12.6. The molecule has 0 spiro atoms. The van der Waals surface area contributed by atoms with Gasteiger partial charge >= 0.3 is 0 Å². The molecule has 0 saturated carbocycles. The van der Waals surface area contributed by atoms with Gasteiger partial charge in [-0.25, -0.2) is 0 Å². The quantitative estimate of drug-likeness (QED) is 0.789. The van der Waals surface area contributed by atoms with Crippen molar-refractivity contribution in [1.82, 2.24) is 4.90 Å². The van der Waals surface area contributed by atoms with E-state index in [0.717, 1.165) is 23.3 Å². The maximum atomic E-state index is 11.8. The predicted molar refractivity (Wildman–Crippen MR) is 82.3 cm³/mol. The summed E-state index contributed by atoms with van der Waals surface area (Å²) in [6.07, 6.45) is 8.45. The average molecular weight is 287 g/mol. The number of nitrogens with zero attached hydrogens (tertiary/aromatic N) is 1. The lowest BCUT2D eigenvalue weighted by molar-refractivity contribution is -0.122. The lowest BCUT2D eigenvalue weighted by atomic mass is 9.99. The van der Waals surface area contributed by atoms with Crippen molar-refractivity contribution >= 4 is 5.91 Å². The molecule has 1 N–H and O–H groups in total. The van der Waals surface area contributed by atoms with Crippen LogP contribution < -0.4 is 0 Å². The fourth-order valence-corrected chi connectivity index (χ4v) is 2.31. The van der Waals surface area contributed by atoms with Gasteiger partial charge in [-0.1, -0.05) is 25.7 Å². The minimum Gasteiger partial charge on any atom is -0.504 e. The van der Waals surface area contributed by atoms with Crippen LogP contribution in [-0.2, 0) is 9.53 Å². The first-order valence-corrected chi connectivity index (χ1v) is 7.11. The Morgan fingerprint density at radius 1 is 1.57 bits per heavy atom. The molecule has 0 atom stereocenters. The summed E-state index contributed by atoms with van der Waals surface area (Å²) in [6, 6.07) is 0. The van der Waals surface area contributed by atoms with Crippen LogP contribution >= 0.6 is 0 Å². The van der Waals surface area contributed by atoms with Gasteiger partial charge in [-0.05, 0) is 24.5 Å². The van der Waals surface area contributed by atoms with Gasteiger partial charge in [-0.3, -0.25) is 4.79 Å². The second kappa shape index (κ2) is 6.48. The smallest absolute Gasteiger partial charge is 0.250 e. The number of rotatable bonds is 5. The molecule has 1 heterocycles. The molecule has 112 valence electrons. The van der Waals surface area contributed by atoms with E-state index in [1.165, 1.54) is 0 Å². The number of ether oxygens (including phenoxy) is 1. The Bertz CT molecular complexity index is 579. The maximum absolute atomic E-state index is 11.8. The number of aliphatic hydroxyl groups is 1. The average Bonchev–Trinajstić information content (AvgIpc) is 2.86. The minimum atomic E-state index is -0.0299. The fraction of sp³-hybridized carbons (Fsp3) is 0.353. The van der Waals surface area contributed by atoms with E-state index in [4.69, 9.17) is 4.74 Å². The first-order valence-electron chi connectivity index (χ1n) is 7.11. The van der Waals surface area contributed by atoms with E-state index in [2.05, 4.69) is 6.58 Å². The van der Waals surface area contributed by atoms with E-state index in [0.29, 0.717) is 25.3 Å². The Kier molecular flexibility index (Phi) is 4.68. The molecule has 0 fully saturated rings. The van der Waals surface area contributed by atoms with Crippen LogP contribution in [0.4, 0.5) is 0 Å². The van der Waals surface area contributed by atoms with Gasteiger partial charge in [0, 0.05) is 30.8 Å². The molecule has 0 aromatic rings. The third-order valence-corrected chi connectivity index (χ3v) is 3.29. The lowest BCUT2D eigenvalue weighted by Crippen LogP contribution is -2.27. The maximum Gasteiger partial charge on any atom is 0.250 e. The van der Waals surface area contributed by atoms with Gasteiger partial charge in [-0.2, -0.15) is 0 Å². The van der Waals surface area contributed by atoms with Crippen LogP contribution in [0.5, 0.6) is 0 Å². The molecule has 0 radical (unpaired) electrons. The second-order valence-electron chi connectivity index (χ2n) is 5.26. The first kappa shape index (κ1) is 15.2. The summed E-state index contributed by atoms with van der Waals surface area (Å²) in [6.45, 7) is 8.57. The van der Waals surface area contributed by atoms with Crippen molar-refractivity contribution in [1.29, 1.82) is 0 Å². The molecule has 0 bridgehead atoms. The summed E-state index contributed by atoms with van der Waals surface area (Å²) >= 11 is 0. The standard InChI is InChI=1S/C17H21NO3/c1-4-6-13-9-14(18-8-5-7-16(18)19)10-15(17(13)20)21-11-12(2)3/h5-7,10,20H,2,4,8-9,11H2,1,3H3/b13-6-. The third-order valence-electron chi connectivity index (χ3n) is 3.29. The summed E-state index contributed by atoms with van der Waals surface area (Å²) in [5.74, 6) is 0.526. The molecule has 0 aromatic carbocycles. The van der Waals surface area contributed by atoms with Crippen molar-refractivity contribution < 1.29 is 14.6 Å². The number of allylic oxidation sites excluding steroid dienone is 4. The Labute approximate surface area is 125 Å². The minimum absolute atomic E-state index is 0.0299. The van der Waals surface area contributed by atoms with Crippen LogP contribution in [0.25, 0.3) is 0 Å². The molecule has 0 unspecified atom stereocenters. The van der Waals surface area contributed by atoms with Crippen molar-refractivity contribution in [3.8, 4) is 0 Å². The highest BCUT2D eigenvalue weighted by Crippen LogP contribution is 2.31. The SMILES string of the molecule is C=C(C)COC1=C(O)/C(=C\CC)CC(N2CC=CC2=O)=C1. The van der Waals surface area contributed by atoms with Gasteiger partial charge < -0.3 is 14.7 Å². The van der Waals surface area contributed by atoms with E-state index in [1.807, 2.05) is 26.0 Å². The molecule has 21 heavy (non-hydrogen) atoms. The molecular weight excluding hydrogens is 266 g/mol. The summed E-state index contributed by atoms with van der Waals surface area (Å²) < 4.78 is 5.61. The van der Waals surface area contributed by atoms with Crippen LogP contribution in [-0.4, -0.2) is 29.1 Å². The molecular formula is C17H21NO3. The Morgan fingerprint density at radius 2 is 2.33 bits per heavy atom. The molecule has 2 aliphatic rings. The molecule has 1 aliphatic heterocycles. The lowest BCUT2D eigenvalue weighted by Gasteiger charge is -2.26. The molecule has 0 saturated heterocycles. The molecule has 1 aliphatic carbocycles. The van der Waals surface area contributed by atoms with Crippen LogP contribution in [0.2, 0.25) is 0 Å². The Morgan fingerprint density at radius 3 is 2.90 bits per heavy atom. The zero-order valence-corrected chi connectivity index (χ0v) is 12.6. The number of carbonyl (C=O) groups excluding carboxylic acids is 1. The van der Waals surface area contributed by atoms with Crippen LogP contribution in [0.15, 0.2) is 59.2 Å². The number of amides is 1. The highest BCUT2D eigenvalue weighted by atomic mass is 16.5. The van der Waals surface area contributed by atoms with Gasteiger partial charge in [0.05, 0.1) is 0 Å². The highest BCUT2D eigenvalue weighted by Gasteiger charge is 2.26. The van der Waals surface area contributed by atoms with Gasteiger partial charge in [0.2, 0.25) is 0 Å². The highest BCUT2D eigenvalue weighted by molar-refractivity contribution is 5.91. The monoisotopic (exact) mass is 287 g/mol. The largest absolute Gasteiger partial charge is 0.504 e. The molecule has 2 rings (SSSR count). The van der Waals surface area contributed by atoms with E-state index < -0.39 is 0 Å². The van der Waals surface area contributed by atoms with Crippen LogP contribution in [0, 0.1) is 0 Å². The summed E-state index contributed by atoms with van der Waals surface area (Å²) in [7, 11) is 0. The van der Waals surface area contributed by atoms with E-state index in [-0.39, 0.29) is 11.7 Å². The van der Waals surface area contributed by atoms with Gasteiger partial charge in [0.15, 0.2) is 11.5 Å². The van der Waals surface area contributed by atoms with Crippen molar-refractivity contribution in [3.63, 3.8) is 0 Å². The molecule has 0 aromatic heterocycles. The third kappa shape index (κ3) is 3.45. The van der Waals surface area contributed by atoms with Crippen molar-refractivity contribution in [2.45, 2.75) is 26.7 Å². The number of aliphatic hydroxyl groups excluding tert-OH is 1. The summed E-state index contributed by atoms with van der Waals surface area (Å²) in [4.78, 5) is 13.5. The van der Waals surface area contributed by atoms with E-state index >= 15 is 0 Å². The van der Waals surface area contributed by atoms with Crippen molar-refractivity contribution in [3.05, 3.63) is 59.2 Å². The number of hydrogen-bond donors (Lipinski definition) is 1. The number of hydrogen-bond acceptors (Lipinski definition) is 3. The van der Waals surface area contributed by atoms with Crippen molar-refractivity contribution in [2.75, 3.05) is 13.2 Å². The first-order chi connectivity index (χ1) is 10.0. The fourth-order valence-electron chi connectivity index (χ4n) is 2.31. The topological polar surface area (TPSA) is 49.8 Å². The Balaban J connectivity index is 2.29. The normalized spacial score (nSPS) is 20.3. The molecule has 1 amide bonds. The summed E-state index contributed by atoms with van der Waals surface area (Å²) in [5.41, 5.74) is 2.52. The molecule has 4 heteroatoms. The van der Waals surface area contributed by atoms with Crippen LogP contribution in [0.3, 0.4) is 0 Å². The van der Waals surface area contributed by atoms with E-state index in [9.17, 15) is 9.90 Å². The zero-order chi connectivity index (χ0) is 15.4. The van der Waals surface area contributed by atoms with Crippen LogP contribution in [0.1, 0.15) is 26.7 Å². The van der Waals surface area contributed by atoms with Crippen molar-refractivity contribution in [2.24, 2.45) is 0 Å². The van der Waals surface area contributed by atoms with Gasteiger partial charge in [-0.15, -0.1) is 0 Å². The predicted octanol–water partition coefficient (Wildman–Crippen LogP) is 3.37. The Hall–Kier alpha value is -2.23. The summed E-state index contributed by atoms with van der Waals surface area (Å²) in [5, 5.41) is 10.3. The second-order valence-corrected chi connectivity index (χ2v) is 5.26. The van der Waals surface area contributed by atoms with E-state index in [1.54, 1.807) is 17.1 Å². The number of carbonyl (C=O) groups is 1. The molecule has 4 nitrogen and oxygen atoms in total. The van der Waals surface area contributed by atoms with Gasteiger partial charge in [0.25, 0.3) is 5.91 Å².